The van der Waals surface area contributed by atoms with Gasteiger partial charge in [-0.05, 0) is 75.8 Å². The summed E-state index contributed by atoms with van der Waals surface area (Å²) in [6.07, 6.45) is 1.87. The molecular formula is C19H15Cl2IN2O2S. The predicted octanol–water partition coefficient (Wildman–Crippen LogP) is 5.71. The normalized spacial score (nSPS) is 17.2. The van der Waals surface area contributed by atoms with Crippen molar-refractivity contribution < 1.29 is 9.53 Å². The number of rotatable bonds is 4. The third kappa shape index (κ3) is 4.80. The van der Waals surface area contributed by atoms with Gasteiger partial charge in [0.15, 0.2) is 5.17 Å². The van der Waals surface area contributed by atoms with E-state index in [0.29, 0.717) is 26.7 Å². The smallest absolute Gasteiger partial charge is 0.266 e. The van der Waals surface area contributed by atoms with E-state index in [-0.39, 0.29) is 5.91 Å². The van der Waals surface area contributed by atoms with Crippen molar-refractivity contribution in [2.45, 2.75) is 6.61 Å². The van der Waals surface area contributed by atoms with E-state index in [1.165, 1.54) is 11.8 Å². The largest absolute Gasteiger partial charge is 0.488 e. The lowest BCUT2D eigenvalue weighted by Crippen LogP contribution is -2.23. The molecule has 3 rings (SSSR count). The summed E-state index contributed by atoms with van der Waals surface area (Å²) in [5, 5.41) is 1.73. The van der Waals surface area contributed by atoms with Gasteiger partial charge in [0, 0.05) is 14.1 Å². The monoisotopic (exact) mass is 532 g/mol. The highest BCUT2D eigenvalue weighted by atomic mass is 127. The number of ether oxygens (including phenoxy) is 1. The van der Waals surface area contributed by atoms with Crippen LogP contribution in [0.1, 0.15) is 11.1 Å². The maximum absolute atomic E-state index is 12.3. The Balaban J connectivity index is 1.73. The highest BCUT2D eigenvalue weighted by molar-refractivity contribution is 14.1. The second-order valence-electron chi connectivity index (χ2n) is 5.71. The minimum absolute atomic E-state index is 0.0458. The molecule has 0 saturated carbocycles. The number of carbonyl (C=O) groups is 1. The fraction of sp³-hybridized carbons (Fsp3) is 0.158. The van der Waals surface area contributed by atoms with Crippen molar-refractivity contribution in [3.63, 3.8) is 0 Å². The first-order valence-corrected chi connectivity index (χ1v) is 10.5. The van der Waals surface area contributed by atoms with E-state index in [0.717, 1.165) is 20.4 Å². The molecule has 0 unspecified atom stereocenters. The number of nitrogens with zero attached hydrogens (tertiary/aromatic N) is 2. The van der Waals surface area contributed by atoms with Gasteiger partial charge in [-0.2, -0.15) is 0 Å². The van der Waals surface area contributed by atoms with Crippen molar-refractivity contribution >= 4 is 74.7 Å². The minimum atomic E-state index is -0.0458. The standard InChI is InChI=1S/C19H15Cl2IN2O2S/c1-23-19-24(2)18(25)17(27-19)9-11-4-6-16(15(22)8-11)26-10-12-3-5-13(20)14(21)7-12/h3-9H,10H2,1-2H3/b17-9-,23-19?. The van der Waals surface area contributed by atoms with Crippen molar-refractivity contribution in [1.29, 1.82) is 0 Å². The zero-order chi connectivity index (χ0) is 19.6. The Labute approximate surface area is 185 Å². The molecule has 1 amide bonds. The fourth-order valence-electron chi connectivity index (χ4n) is 2.42. The van der Waals surface area contributed by atoms with Crippen LogP contribution in [0.2, 0.25) is 10.0 Å². The molecule has 4 nitrogen and oxygen atoms in total. The lowest BCUT2D eigenvalue weighted by molar-refractivity contribution is -0.121. The summed E-state index contributed by atoms with van der Waals surface area (Å²) in [6.45, 7) is 0.392. The van der Waals surface area contributed by atoms with Crippen LogP contribution in [0.3, 0.4) is 0 Å². The van der Waals surface area contributed by atoms with Crippen LogP contribution >= 0.6 is 57.6 Å². The van der Waals surface area contributed by atoms with E-state index < -0.39 is 0 Å². The highest BCUT2D eigenvalue weighted by Crippen LogP contribution is 2.32. The number of benzene rings is 2. The number of carbonyl (C=O) groups excluding carboxylic acids is 1. The second-order valence-corrected chi connectivity index (χ2v) is 8.69. The Kier molecular flexibility index (Phi) is 6.73. The molecule has 140 valence electrons. The molecule has 0 bridgehead atoms. The SMILES string of the molecule is CN=C1S/C(=C\c2ccc(OCc3ccc(Cl)c(Cl)c3)c(I)c2)C(=O)N1C. The molecule has 1 saturated heterocycles. The van der Waals surface area contributed by atoms with Gasteiger partial charge in [-0.1, -0.05) is 35.3 Å². The molecule has 0 radical (unpaired) electrons. The van der Waals surface area contributed by atoms with Crippen molar-refractivity contribution in [2.75, 3.05) is 14.1 Å². The Bertz CT molecular complexity index is 963. The summed E-state index contributed by atoms with van der Waals surface area (Å²) in [7, 11) is 3.40. The molecule has 0 N–H and O–H groups in total. The maximum Gasteiger partial charge on any atom is 0.266 e. The zero-order valence-corrected chi connectivity index (χ0v) is 19.0. The van der Waals surface area contributed by atoms with Crippen LogP contribution in [0.25, 0.3) is 6.08 Å². The number of hydrogen-bond acceptors (Lipinski definition) is 4. The molecule has 8 heteroatoms. The van der Waals surface area contributed by atoms with Crippen LogP contribution in [-0.4, -0.2) is 30.1 Å². The number of halogens is 3. The summed E-state index contributed by atoms with van der Waals surface area (Å²) in [5.74, 6) is 0.720. The van der Waals surface area contributed by atoms with Gasteiger partial charge in [0.05, 0.1) is 18.5 Å². The third-order valence-electron chi connectivity index (χ3n) is 3.83. The van der Waals surface area contributed by atoms with Crippen molar-refractivity contribution in [2.24, 2.45) is 4.99 Å². The predicted molar refractivity (Wildman–Crippen MR) is 122 cm³/mol. The molecular weight excluding hydrogens is 518 g/mol. The minimum Gasteiger partial charge on any atom is -0.488 e. The number of amides is 1. The topological polar surface area (TPSA) is 41.9 Å². The summed E-state index contributed by atoms with van der Waals surface area (Å²) in [4.78, 5) is 18.6. The molecule has 0 spiro atoms. The average Bonchev–Trinajstić information content (AvgIpc) is 2.91. The molecule has 2 aromatic carbocycles. The van der Waals surface area contributed by atoms with Crippen LogP contribution in [-0.2, 0) is 11.4 Å². The molecule has 2 aromatic rings. The van der Waals surface area contributed by atoms with E-state index in [1.807, 2.05) is 30.3 Å². The van der Waals surface area contributed by atoms with Crippen molar-refractivity contribution in [1.82, 2.24) is 4.90 Å². The Morgan fingerprint density at radius 1 is 1.22 bits per heavy atom. The van der Waals surface area contributed by atoms with Gasteiger partial charge in [-0.15, -0.1) is 0 Å². The van der Waals surface area contributed by atoms with Crippen LogP contribution in [0.4, 0.5) is 0 Å². The van der Waals surface area contributed by atoms with Gasteiger partial charge >= 0.3 is 0 Å². The fourth-order valence-corrected chi connectivity index (χ4v) is 4.36. The Hall–Kier alpha value is -1.22. The molecule has 1 aliphatic heterocycles. The number of aliphatic imine (C=N–C) groups is 1. The van der Waals surface area contributed by atoms with Crippen LogP contribution in [0, 0.1) is 3.57 Å². The van der Waals surface area contributed by atoms with E-state index >= 15 is 0 Å². The van der Waals surface area contributed by atoms with Crippen molar-refractivity contribution in [3.8, 4) is 5.75 Å². The number of hydrogen-bond donors (Lipinski definition) is 0. The molecule has 0 aliphatic carbocycles. The van der Waals surface area contributed by atoms with E-state index in [4.69, 9.17) is 27.9 Å². The Morgan fingerprint density at radius 2 is 2.00 bits per heavy atom. The van der Waals surface area contributed by atoms with E-state index in [2.05, 4.69) is 27.6 Å². The summed E-state index contributed by atoms with van der Waals surface area (Å²) < 4.78 is 6.84. The lowest BCUT2D eigenvalue weighted by Gasteiger charge is -2.10. The second kappa shape index (κ2) is 8.86. The first-order chi connectivity index (χ1) is 12.9. The quantitative estimate of drug-likeness (QED) is 0.374. The zero-order valence-electron chi connectivity index (χ0n) is 14.5. The first-order valence-electron chi connectivity index (χ1n) is 7.89. The van der Waals surface area contributed by atoms with Crippen LogP contribution < -0.4 is 4.74 Å². The molecule has 1 heterocycles. The highest BCUT2D eigenvalue weighted by Gasteiger charge is 2.29. The van der Waals surface area contributed by atoms with Crippen LogP contribution in [0.5, 0.6) is 5.75 Å². The average molecular weight is 533 g/mol. The third-order valence-corrected chi connectivity index (χ3v) is 6.56. The van der Waals surface area contributed by atoms with Gasteiger partial charge in [0.2, 0.25) is 0 Å². The molecule has 0 atom stereocenters. The summed E-state index contributed by atoms with van der Waals surface area (Å²) in [6, 6.07) is 11.2. The number of amidine groups is 1. The molecule has 0 aromatic heterocycles. The van der Waals surface area contributed by atoms with Gasteiger partial charge < -0.3 is 4.74 Å². The summed E-state index contributed by atoms with van der Waals surface area (Å²) >= 11 is 15.6. The van der Waals surface area contributed by atoms with Gasteiger partial charge in [0.1, 0.15) is 12.4 Å². The van der Waals surface area contributed by atoms with Gasteiger partial charge in [-0.3, -0.25) is 14.7 Å². The molecule has 27 heavy (non-hydrogen) atoms. The summed E-state index contributed by atoms with van der Waals surface area (Å²) in [5.41, 5.74) is 1.87. The first kappa shape index (κ1) is 20.5. The number of thioether (sulfide) groups is 1. The van der Waals surface area contributed by atoms with Gasteiger partial charge in [-0.25, -0.2) is 0 Å². The Morgan fingerprint density at radius 3 is 2.63 bits per heavy atom. The molecule has 1 aliphatic rings. The van der Waals surface area contributed by atoms with E-state index in [9.17, 15) is 4.79 Å². The van der Waals surface area contributed by atoms with Gasteiger partial charge in [0.25, 0.3) is 5.91 Å². The lowest BCUT2D eigenvalue weighted by atomic mass is 10.2. The van der Waals surface area contributed by atoms with E-state index in [1.54, 1.807) is 31.1 Å². The van der Waals surface area contributed by atoms with Crippen molar-refractivity contribution in [3.05, 3.63) is 66.0 Å². The van der Waals surface area contributed by atoms with Crippen LogP contribution in [0.15, 0.2) is 46.3 Å². The molecule has 1 fully saturated rings. The maximum atomic E-state index is 12.3. The number of likely N-dealkylation sites (N-methyl/N-ethyl adjacent to an activating group) is 1.